The van der Waals surface area contributed by atoms with E-state index in [0.29, 0.717) is 6.04 Å². The molecule has 0 heterocycles. The van der Waals surface area contributed by atoms with E-state index in [4.69, 9.17) is 5.73 Å². The van der Waals surface area contributed by atoms with Crippen LogP contribution in [0.1, 0.15) is 45.1 Å². The molecule has 0 aliphatic heterocycles. The molecule has 2 rings (SSSR count). The van der Waals surface area contributed by atoms with Gasteiger partial charge in [0.25, 0.3) is 0 Å². The molecule has 1 saturated carbocycles. The number of aryl methyl sites for hydroxylation is 1. The van der Waals surface area contributed by atoms with Gasteiger partial charge in [-0.1, -0.05) is 26.7 Å². The number of nitrogens with one attached hydrogen (secondary N) is 1. The summed E-state index contributed by atoms with van der Waals surface area (Å²) < 4.78 is 1.07. The Balaban J connectivity index is 2.17. The van der Waals surface area contributed by atoms with Gasteiger partial charge in [0.2, 0.25) is 0 Å². The van der Waals surface area contributed by atoms with Crippen LogP contribution in [0.3, 0.4) is 0 Å². The third kappa shape index (κ3) is 3.44. The van der Waals surface area contributed by atoms with E-state index in [1.54, 1.807) is 0 Å². The summed E-state index contributed by atoms with van der Waals surface area (Å²) in [7, 11) is 0. The van der Waals surface area contributed by atoms with E-state index in [0.717, 1.165) is 27.6 Å². The van der Waals surface area contributed by atoms with Crippen LogP contribution in [0.4, 0.5) is 11.4 Å². The molecule has 1 aliphatic carbocycles. The zero-order chi connectivity index (χ0) is 14.0. The standard InChI is InChI=1S/C16H25BrN2/c1-10(2)12-6-4-5-7-15(12)19-16-8-11(3)14(18)9-13(16)17/h8-10,12,15,19H,4-7,18H2,1-3H3. The Morgan fingerprint density at radius 3 is 2.63 bits per heavy atom. The molecule has 3 N–H and O–H groups in total. The number of benzene rings is 1. The predicted octanol–water partition coefficient (Wildman–Crippen LogP) is 4.97. The smallest absolute Gasteiger partial charge is 0.0491 e. The van der Waals surface area contributed by atoms with E-state index in [-0.39, 0.29) is 0 Å². The molecule has 0 saturated heterocycles. The van der Waals surface area contributed by atoms with Gasteiger partial charge in [0.05, 0.1) is 0 Å². The van der Waals surface area contributed by atoms with Crippen LogP contribution >= 0.6 is 15.9 Å². The average Bonchev–Trinajstić information content (AvgIpc) is 2.36. The molecule has 19 heavy (non-hydrogen) atoms. The normalized spacial score (nSPS) is 23.6. The van der Waals surface area contributed by atoms with Gasteiger partial charge < -0.3 is 11.1 Å². The number of halogens is 1. The second-order valence-corrected chi connectivity index (χ2v) is 6.99. The van der Waals surface area contributed by atoms with Crippen molar-refractivity contribution in [3.05, 3.63) is 22.2 Å². The lowest BCUT2D eigenvalue weighted by Gasteiger charge is -2.36. The maximum Gasteiger partial charge on any atom is 0.0491 e. The van der Waals surface area contributed by atoms with E-state index < -0.39 is 0 Å². The van der Waals surface area contributed by atoms with Crippen molar-refractivity contribution in [3.8, 4) is 0 Å². The van der Waals surface area contributed by atoms with Crippen molar-refractivity contribution >= 4 is 27.3 Å². The van der Waals surface area contributed by atoms with Crippen molar-refractivity contribution in [3.63, 3.8) is 0 Å². The molecular formula is C16H25BrN2. The highest BCUT2D eigenvalue weighted by atomic mass is 79.9. The molecule has 0 amide bonds. The van der Waals surface area contributed by atoms with Gasteiger partial charge >= 0.3 is 0 Å². The third-order valence-corrected chi connectivity index (χ3v) is 5.03. The average molecular weight is 325 g/mol. The molecule has 1 fully saturated rings. The van der Waals surface area contributed by atoms with Gasteiger partial charge in [-0.25, -0.2) is 0 Å². The summed E-state index contributed by atoms with van der Waals surface area (Å²) in [4.78, 5) is 0. The Labute approximate surface area is 125 Å². The number of hydrogen-bond donors (Lipinski definition) is 2. The third-order valence-electron chi connectivity index (χ3n) is 4.37. The highest BCUT2D eigenvalue weighted by molar-refractivity contribution is 9.10. The number of anilines is 2. The summed E-state index contributed by atoms with van der Waals surface area (Å²) in [6, 6.07) is 4.75. The van der Waals surface area contributed by atoms with Crippen molar-refractivity contribution < 1.29 is 0 Å². The fraction of sp³-hybridized carbons (Fsp3) is 0.625. The van der Waals surface area contributed by atoms with Crippen LogP contribution in [0.25, 0.3) is 0 Å². The van der Waals surface area contributed by atoms with Crippen molar-refractivity contribution in [2.75, 3.05) is 11.1 Å². The molecule has 1 aromatic carbocycles. The van der Waals surface area contributed by atoms with Gasteiger partial charge in [-0.2, -0.15) is 0 Å². The van der Waals surface area contributed by atoms with Crippen LogP contribution < -0.4 is 11.1 Å². The molecular weight excluding hydrogens is 300 g/mol. The van der Waals surface area contributed by atoms with Crippen LogP contribution in [0.5, 0.6) is 0 Å². The molecule has 0 radical (unpaired) electrons. The highest BCUT2D eigenvalue weighted by Gasteiger charge is 2.27. The molecule has 0 spiro atoms. The van der Waals surface area contributed by atoms with Gasteiger partial charge in [-0.3, -0.25) is 0 Å². The lowest BCUT2D eigenvalue weighted by molar-refractivity contribution is 0.254. The number of nitrogen functional groups attached to an aromatic ring is 1. The number of hydrogen-bond acceptors (Lipinski definition) is 2. The lowest BCUT2D eigenvalue weighted by Crippen LogP contribution is -2.35. The zero-order valence-corrected chi connectivity index (χ0v) is 13.8. The van der Waals surface area contributed by atoms with Gasteiger partial charge in [-0.15, -0.1) is 0 Å². The molecule has 1 aliphatic rings. The molecule has 106 valence electrons. The zero-order valence-electron chi connectivity index (χ0n) is 12.2. The molecule has 2 atom stereocenters. The van der Waals surface area contributed by atoms with E-state index in [2.05, 4.69) is 48.1 Å². The summed E-state index contributed by atoms with van der Waals surface area (Å²) in [5.74, 6) is 1.52. The first-order valence-corrected chi connectivity index (χ1v) is 8.10. The topological polar surface area (TPSA) is 38.0 Å². The van der Waals surface area contributed by atoms with E-state index in [1.807, 2.05) is 6.07 Å². The Morgan fingerprint density at radius 2 is 1.95 bits per heavy atom. The van der Waals surface area contributed by atoms with Gasteiger partial charge in [0, 0.05) is 21.9 Å². The summed E-state index contributed by atoms with van der Waals surface area (Å²) >= 11 is 3.62. The minimum Gasteiger partial charge on any atom is -0.398 e. The molecule has 0 aromatic heterocycles. The van der Waals surface area contributed by atoms with Crippen molar-refractivity contribution in [2.45, 2.75) is 52.5 Å². The molecule has 2 unspecified atom stereocenters. The van der Waals surface area contributed by atoms with E-state index in [1.165, 1.54) is 31.4 Å². The Morgan fingerprint density at radius 1 is 1.26 bits per heavy atom. The first-order chi connectivity index (χ1) is 8.99. The summed E-state index contributed by atoms with van der Waals surface area (Å²) in [6.45, 7) is 6.75. The van der Waals surface area contributed by atoms with Crippen molar-refractivity contribution in [1.29, 1.82) is 0 Å². The lowest BCUT2D eigenvalue weighted by atomic mass is 9.78. The van der Waals surface area contributed by atoms with Gasteiger partial charge in [0.1, 0.15) is 0 Å². The monoisotopic (exact) mass is 324 g/mol. The second-order valence-electron chi connectivity index (χ2n) is 6.13. The Kier molecular flexibility index (Phi) is 4.77. The van der Waals surface area contributed by atoms with Crippen molar-refractivity contribution in [2.24, 2.45) is 11.8 Å². The van der Waals surface area contributed by atoms with E-state index >= 15 is 0 Å². The first kappa shape index (κ1) is 14.7. The summed E-state index contributed by atoms with van der Waals surface area (Å²) in [5, 5.41) is 3.75. The fourth-order valence-electron chi connectivity index (χ4n) is 3.14. The van der Waals surface area contributed by atoms with Crippen LogP contribution in [-0.2, 0) is 0 Å². The van der Waals surface area contributed by atoms with E-state index in [9.17, 15) is 0 Å². The summed E-state index contributed by atoms with van der Waals surface area (Å²) in [6.07, 6.45) is 5.34. The minimum absolute atomic E-state index is 0.591. The second kappa shape index (κ2) is 6.17. The van der Waals surface area contributed by atoms with Crippen LogP contribution in [-0.4, -0.2) is 6.04 Å². The quantitative estimate of drug-likeness (QED) is 0.770. The minimum atomic E-state index is 0.591. The largest absolute Gasteiger partial charge is 0.398 e. The maximum atomic E-state index is 5.94. The highest BCUT2D eigenvalue weighted by Crippen LogP contribution is 2.35. The Hall–Kier alpha value is -0.700. The van der Waals surface area contributed by atoms with Crippen molar-refractivity contribution in [1.82, 2.24) is 0 Å². The fourth-order valence-corrected chi connectivity index (χ4v) is 3.62. The predicted molar refractivity (Wildman–Crippen MR) is 87.5 cm³/mol. The number of nitrogens with two attached hydrogens (primary N) is 1. The molecule has 0 bridgehead atoms. The maximum absolute atomic E-state index is 5.94. The number of rotatable bonds is 3. The molecule has 2 nitrogen and oxygen atoms in total. The SMILES string of the molecule is Cc1cc(NC2CCCCC2C(C)C)c(Br)cc1N. The Bertz CT molecular complexity index is 443. The van der Waals surface area contributed by atoms with Gasteiger partial charge in [0.15, 0.2) is 0 Å². The molecule has 1 aromatic rings. The van der Waals surface area contributed by atoms with Crippen LogP contribution in [0.2, 0.25) is 0 Å². The molecule has 3 heteroatoms. The summed E-state index contributed by atoms with van der Waals surface area (Å²) in [5.41, 5.74) is 9.11. The first-order valence-electron chi connectivity index (χ1n) is 7.31. The van der Waals surface area contributed by atoms with Crippen LogP contribution in [0, 0.1) is 18.8 Å². The van der Waals surface area contributed by atoms with Crippen LogP contribution in [0.15, 0.2) is 16.6 Å². The van der Waals surface area contributed by atoms with Gasteiger partial charge in [-0.05, 0) is 65.2 Å².